The molecule has 0 saturated heterocycles. The molecule has 0 aliphatic heterocycles. The first-order valence-corrected chi connectivity index (χ1v) is 10.7. The Morgan fingerprint density at radius 1 is 1.12 bits per heavy atom. The lowest BCUT2D eigenvalue weighted by atomic mass is 9.86. The van der Waals surface area contributed by atoms with Crippen molar-refractivity contribution in [2.75, 3.05) is 23.5 Å². The van der Waals surface area contributed by atoms with Gasteiger partial charge in [-0.3, -0.25) is 4.78 Å². The molecule has 4 rings (SSSR count). The van der Waals surface area contributed by atoms with E-state index in [9.17, 15) is 0 Å². The molecular weight excluding hydrogens is 318 g/mol. The summed E-state index contributed by atoms with van der Waals surface area (Å²) in [5.74, 6) is 5.02. The number of aromatic nitrogens is 3. The van der Waals surface area contributed by atoms with Crippen LogP contribution in [0, 0.1) is 16.6 Å². The zero-order valence-electron chi connectivity index (χ0n) is 14.4. The van der Waals surface area contributed by atoms with Crippen LogP contribution in [0.15, 0.2) is 18.6 Å². The second-order valence-electron chi connectivity index (χ2n) is 7.49. The van der Waals surface area contributed by atoms with Gasteiger partial charge in [0, 0.05) is 30.8 Å². The summed E-state index contributed by atoms with van der Waals surface area (Å²) in [5.41, 5.74) is 0.916. The first-order chi connectivity index (χ1) is 11.7. The number of fused-ring (bicyclic) bond motifs is 1. The second kappa shape index (κ2) is 6.82. The van der Waals surface area contributed by atoms with Crippen LogP contribution >= 0.6 is 0 Å². The van der Waals surface area contributed by atoms with Crippen molar-refractivity contribution in [1.29, 1.82) is 4.78 Å². The second-order valence-corrected chi connectivity index (χ2v) is 9.14. The molecule has 1 atom stereocenters. The normalized spacial score (nSPS) is 25.7. The molecule has 0 amide bonds. The summed E-state index contributed by atoms with van der Waals surface area (Å²) in [6.45, 7) is 0. The molecule has 2 aliphatic carbocycles. The van der Waals surface area contributed by atoms with E-state index >= 15 is 0 Å². The topological polar surface area (TPSA) is 68.7 Å². The Kier molecular flexibility index (Phi) is 4.57. The van der Waals surface area contributed by atoms with E-state index in [1.165, 1.54) is 44.3 Å². The third-order valence-electron chi connectivity index (χ3n) is 5.60. The van der Waals surface area contributed by atoms with Gasteiger partial charge in [0.2, 0.25) is 0 Å². The Balaban J connectivity index is 1.35. The first-order valence-electron chi connectivity index (χ1n) is 9.10. The average Bonchev–Trinajstić information content (AvgIpc) is 3.26. The van der Waals surface area contributed by atoms with Gasteiger partial charge < -0.3 is 9.88 Å². The van der Waals surface area contributed by atoms with Crippen LogP contribution in [0.3, 0.4) is 0 Å². The van der Waals surface area contributed by atoms with Gasteiger partial charge in [-0.2, -0.15) is 0 Å². The molecule has 5 nitrogen and oxygen atoms in total. The largest absolute Gasteiger partial charge is 0.356 e. The number of rotatable bonds is 6. The fourth-order valence-corrected chi connectivity index (χ4v) is 5.87. The van der Waals surface area contributed by atoms with Crippen molar-refractivity contribution in [3.05, 3.63) is 18.6 Å². The maximum Gasteiger partial charge on any atom is 0.142 e. The van der Waals surface area contributed by atoms with Crippen LogP contribution in [0.2, 0.25) is 0 Å². The van der Waals surface area contributed by atoms with Gasteiger partial charge >= 0.3 is 0 Å². The zero-order valence-corrected chi connectivity index (χ0v) is 15.2. The highest BCUT2D eigenvalue weighted by atomic mass is 32.2. The van der Waals surface area contributed by atoms with Gasteiger partial charge in [-0.25, -0.2) is 9.97 Å². The molecule has 2 fully saturated rings. The number of H-pyrrole nitrogens is 1. The fourth-order valence-electron chi connectivity index (χ4n) is 3.93. The third-order valence-corrected chi connectivity index (χ3v) is 7.35. The van der Waals surface area contributed by atoms with Gasteiger partial charge in [0.15, 0.2) is 0 Å². The van der Waals surface area contributed by atoms with E-state index in [0.29, 0.717) is 6.04 Å². The van der Waals surface area contributed by atoms with Crippen molar-refractivity contribution < 1.29 is 0 Å². The lowest BCUT2D eigenvalue weighted by Gasteiger charge is -2.35. The predicted octanol–water partition coefficient (Wildman–Crippen LogP) is 3.74. The van der Waals surface area contributed by atoms with Crippen molar-refractivity contribution in [1.82, 2.24) is 15.0 Å². The Morgan fingerprint density at radius 3 is 2.46 bits per heavy atom. The number of hydrogen-bond acceptors (Lipinski definition) is 4. The molecule has 2 aromatic heterocycles. The van der Waals surface area contributed by atoms with Gasteiger partial charge in [0.05, 0.1) is 5.39 Å². The SMILES string of the molecule is CN(c1ncnc2[nH]ccc12)C1CCC(CS(=N)CC2CC2)CC1. The van der Waals surface area contributed by atoms with Crippen LogP contribution in [0.25, 0.3) is 11.0 Å². The number of nitrogens with one attached hydrogen (secondary N) is 2. The molecule has 0 spiro atoms. The minimum Gasteiger partial charge on any atom is -0.356 e. The molecule has 0 radical (unpaired) electrons. The molecule has 130 valence electrons. The summed E-state index contributed by atoms with van der Waals surface area (Å²) in [6, 6.07) is 2.63. The van der Waals surface area contributed by atoms with E-state index in [4.69, 9.17) is 4.78 Å². The quantitative estimate of drug-likeness (QED) is 0.838. The van der Waals surface area contributed by atoms with Crippen molar-refractivity contribution in [2.24, 2.45) is 11.8 Å². The summed E-state index contributed by atoms with van der Waals surface area (Å²) in [7, 11) is 2.07. The first kappa shape index (κ1) is 16.1. The van der Waals surface area contributed by atoms with Crippen molar-refractivity contribution in [2.45, 2.75) is 44.6 Å². The van der Waals surface area contributed by atoms with Crippen molar-refractivity contribution in [3.8, 4) is 0 Å². The van der Waals surface area contributed by atoms with Crippen LogP contribution < -0.4 is 4.90 Å². The van der Waals surface area contributed by atoms with E-state index in [1.54, 1.807) is 6.33 Å². The molecule has 2 heterocycles. The number of nitrogens with zero attached hydrogens (tertiary/aromatic N) is 3. The molecule has 2 saturated carbocycles. The van der Waals surface area contributed by atoms with E-state index in [0.717, 1.165) is 34.4 Å². The van der Waals surface area contributed by atoms with Gasteiger partial charge in [0.25, 0.3) is 0 Å². The molecular formula is C18H27N5S. The molecule has 24 heavy (non-hydrogen) atoms. The van der Waals surface area contributed by atoms with Crippen LogP contribution in [-0.2, 0) is 10.7 Å². The lowest BCUT2D eigenvalue weighted by molar-refractivity contribution is 0.344. The molecule has 0 aromatic carbocycles. The van der Waals surface area contributed by atoms with Crippen molar-refractivity contribution in [3.63, 3.8) is 0 Å². The Labute approximate surface area is 146 Å². The molecule has 2 aromatic rings. The summed E-state index contributed by atoms with van der Waals surface area (Å²) in [6.07, 6.45) is 11.3. The average molecular weight is 346 g/mol. The van der Waals surface area contributed by atoms with Gasteiger partial charge in [0.1, 0.15) is 17.8 Å². The molecule has 2 N–H and O–H groups in total. The predicted molar refractivity (Wildman–Crippen MR) is 101 cm³/mol. The molecule has 1 unspecified atom stereocenters. The summed E-state index contributed by atoms with van der Waals surface area (Å²) in [4.78, 5) is 14.3. The molecule has 6 heteroatoms. The number of aromatic amines is 1. The minimum atomic E-state index is -0.0946. The standard InChI is InChI=1S/C18H27N5S/c1-23(18-16-8-9-20-17(16)21-12-22-18)15-6-4-14(5-7-15)11-24(19)10-13-2-3-13/h8-9,12-15,19H,2-7,10-11H2,1H3,(H,20,21,22). The molecule has 0 bridgehead atoms. The minimum absolute atomic E-state index is 0.0946. The van der Waals surface area contributed by atoms with Gasteiger partial charge in [-0.1, -0.05) is 0 Å². The van der Waals surface area contributed by atoms with E-state index in [1.807, 2.05) is 6.20 Å². The zero-order chi connectivity index (χ0) is 16.5. The smallest absolute Gasteiger partial charge is 0.142 e. The van der Waals surface area contributed by atoms with E-state index in [-0.39, 0.29) is 10.7 Å². The third kappa shape index (κ3) is 3.48. The van der Waals surface area contributed by atoms with Gasteiger partial charge in [-0.05, 0) is 56.4 Å². The summed E-state index contributed by atoms with van der Waals surface area (Å²) < 4.78 is 8.32. The maximum atomic E-state index is 8.32. The van der Waals surface area contributed by atoms with Crippen LogP contribution in [0.4, 0.5) is 5.82 Å². The van der Waals surface area contributed by atoms with E-state index in [2.05, 4.69) is 33.0 Å². The van der Waals surface area contributed by atoms with Crippen LogP contribution in [0.5, 0.6) is 0 Å². The Hall–Kier alpha value is -1.43. The highest BCUT2D eigenvalue weighted by Gasteiger charge is 2.28. The fraction of sp³-hybridized carbons (Fsp3) is 0.667. The lowest BCUT2D eigenvalue weighted by Crippen LogP contribution is -2.36. The van der Waals surface area contributed by atoms with Crippen LogP contribution in [-0.4, -0.2) is 39.5 Å². The van der Waals surface area contributed by atoms with Crippen molar-refractivity contribution >= 4 is 27.5 Å². The highest BCUT2D eigenvalue weighted by molar-refractivity contribution is 7.86. The Morgan fingerprint density at radius 2 is 1.79 bits per heavy atom. The van der Waals surface area contributed by atoms with E-state index < -0.39 is 0 Å². The summed E-state index contributed by atoms with van der Waals surface area (Å²) >= 11 is 0. The summed E-state index contributed by atoms with van der Waals surface area (Å²) in [5, 5.41) is 1.11. The Bertz CT molecular complexity index is 715. The monoisotopic (exact) mass is 345 g/mol. The number of hydrogen-bond donors (Lipinski definition) is 2. The molecule has 2 aliphatic rings. The van der Waals surface area contributed by atoms with Crippen LogP contribution in [0.1, 0.15) is 38.5 Å². The highest BCUT2D eigenvalue weighted by Crippen LogP contribution is 2.33. The maximum absolute atomic E-state index is 8.32. The van der Waals surface area contributed by atoms with Gasteiger partial charge in [-0.15, -0.1) is 10.7 Å². The number of anilines is 1.